The van der Waals surface area contributed by atoms with Gasteiger partial charge < -0.3 is 24.4 Å². The van der Waals surface area contributed by atoms with Gasteiger partial charge in [0.25, 0.3) is 11.8 Å². The standard InChI is InChI=1S/C23H25F3N2O5/c1-2-31-20-14-16(6-11-19(20)32-15-21(29)28-12-4-3-5-13-28)22(30)27-17-7-9-18(10-8-17)33-23(24,25)26/h6-11,14H,2-5,12-13,15H2,1H3,(H,27,30). The summed E-state index contributed by atoms with van der Waals surface area (Å²) in [7, 11) is 0. The van der Waals surface area contributed by atoms with Crippen LogP contribution in [0.3, 0.4) is 0 Å². The Morgan fingerprint density at radius 3 is 2.30 bits per heavy atom. The number of alkyl halides is 3. The quantitative estimate of drug-likeness (QED) is 0.614. The fourth-order valence-corrected chi connectivity index (χ4v) is 3.35. The number of rotatable bonds is 8. The van der Waals surface area contributed by atoms with Crippen LogP contribution in [0.5, 0.6) is 17.2 Å². The summed E-state index contributed by atoms with van der Waals surface area (Å²) in [4.78, 5) is 26.7. The zero-order valence-electron chi connectivity index (χ0n) is 18.1. The maximum Gasteiger partial charge on any atom is 0.573 e. The van der Waals surface area contributed by atoms with Crippen LogP contribution in [0.4, 0.5) is 18.9 Å². The molecule has 0 atom stereocenters. The van der Waals surface area contributed by atoms with Gasteiger partial charge in [0.1, 0.15) is 5.75 Å². The molecule has 1 N–H and O–H groups in total. The molecule has 1 fully saturated rings. The molecule has 7 nitrogen and oxygen atoms in total. The molecule has 0 unspecified atom stereocenters. The van der Waals surface area contributed by atoms with Crippen molar-refractivity contribution in [2.24, 2.45) is 0 Å². The van der Waals surface area contributed by atoms with Gasteiger partial charge in [-0.1, -0.05) is 0 Å². The van der Waals surface area contributed by atoms with Crippen LogP contribution in [0.25, 0.3) is 0 Å². The smallest absolute Gasteiger partial charge is 0.490 e. The third kappa shape index (κ3) is 7.30. The molecule has 0 aromatic heterocycles. The van der Waals surface area contributed by atoms with E-state index in [-0.39, 0.29) is 23.8 Å². The number of benzene rings is 2. The normalized spacial score (nSPS) is 13.9. The van der Waals surface area contributed by atoms with Crippen LogP contribution >= 0.6 is 0 Å². The van der Waals surface area contributed by atoms with Crippen LogP contribution in [-0.2, 0) is 4.79 Å². The summed E-state index contributed by atoms with van der Waals surface area (Å²) in [6.07, 6.45) is -1.70. The van der Waals surface area contributed by atoms with Gasteiger partial charge in [-0.25, -0.2) is 0 Å². The average molecular weight is 466 g/mol. The molecular weight excluding hydrogens is 441 g/mol. The lowest BCUT2D eigenvalue weighted by Gasteiger charge is -2.26. The minimum Gasteiger partial charge on any atom is -0.490 e. The molecule has 2 aromatic rings. The largest absolute Gasteiger partial charge is 0.573 e. The van der Waals surface area contributed by atoms with Crippen LogP contribution < -0.4 is 19.5 Å². The molecule has 0 radical (unpaired) electrons. The van der Waals surface area contributed by atoms with Crippen LogP contribution in [0, 0.1) is 0 Å². The predicted octanol–water partition coefficient (Wildman–Crippen LogP) is 4.63. The molecule has 1 aliphatic rings. The molecule has 2 amide bonds. The molecule has 2 aromatic carbocycles. The molecule has 0 aliphatic carbocycles. The highest BCUT2D eigenvalue weighted by Gasteiger charge is 2.31. The van der Waals surface area contributed by atoms with E-state index in [1.54, 1.807) is 17.9 Å². The number of carbonyl (C=O) groups excluding carboxylic acids is 2. The number of anilines is 1. The van der Waals surface area contributed by atoms with Crippen molar-refractivity contribution in [3.63, 3.8) is 0 Å². The van der Waals surface area contributed by atoms with E-state index in [1.165, 1.54) is 24.3 Å². The second kappa shape index (κ2) is 10.9. The van der Waals surface area contributed by atoms with Gasteiger partial charge >= 0.3 is 6.36 Å². The molecule has 1 aliphatic heterocycles. The summed E-state index contributed by atoms with van der Waals surface area (Å²) < 4.78 is 51.8. The van der Waals surface area contributed by atoms with Gasteiger partial charge in [0.2, 0.25) is 0 Å². The SMILES string of the molecule is CCOc1cc(C(=O)Nc2ccc(OC(F)(F)F)cc2)ccc1OCC(=O)N1CCCCC1. The second-order valence-electron chi connectivity index (χ2n) is 7.35. The van der Waals surface area contributed by atoms with E-state index in [0.29, 0.717) is 23.8 Å². The molecule has 0 saturated carbocycles. The van der Waals surface area contributed by atoms with Gasteiger partial charge in [-0.15, -0.1) is 13.2 Å². The van der Waals surface area contributed by atoms with E-state index in [4.69, 9.17) is 9.47 Å². The third-order valence-electron chi connectivity index (χ3n) is 4.91. The van der Waals surface area contributed by atoms with Crippen molar-refractivity contribution in [2.75, 3.05) is 31.6 Å². The fourth-order valence-electron chi connectivity index (χ4n) is 3.35. The predicted molar refractivity (Wildman–Crippen MR) is 115 cm³/mol. The zero-order valence-corrected chi connectivity index (χ0v) is 18.1. The lowest BCUT2D eigenvalue weighted by Crippen LogP contribution is -2.38. The van der Waals surface area contributed by atoms with Crippen LogP contribution in [-0.4, -0.2) is 49.4 Å². The number of likely N-dealkylation sites (tertiary alicyclic amines) is 1. The number of piperidine rings is 1. The summed E-state index contributed by atoms with van der Waals surface area (Å²) in [5, 5.41) is 2.60. The Labute approximate surface area is 189 Å². The molecule has 0 spiro atoms. The number of hydrogen-bond acceptors (Lipinski definition) is 5. The number of ether oxygens (including phenoxy) is 3. The lowest BCUT2D eigenvalue weighted by molar-refractivity contribution is -0.274. The first-order chi connectivity index (χ1) is 15.7. The summed E-state index contributed by atoms with van der Waals surface area (Å²) in [6.45, 7) is 3.42. The molecule has 33 heavy (non-hydrogen) atoms. The van der Waals surface area contributed by atoms with Crippen molar-refractivity contribution in [3.05, 3.63) is 48.0 Å². The molecule has 3 rings (SSSR count). The highest BCUT2D eigenvalue weighted by molar-refractivity contribution is 6.04. The zero-order chi connectivity index (χ0) is 23.8. The van der Waals surface area contributed by atoms with Crippen molar-refractivity contribution in [1.29, 1.82) is 0 Å². The molecule has 178 valence electrons. The average Bonchev–Trinajstić information content (AvgIpc) is 2.79. The van der Waals surface area contributed by atoms with Crippen LogP contribution in [0.2, 0.25) is 0 Å². The number of nitrogens with zero attached hydrogens (tertiary/aromatic N) is 1. The van der Waals surface area contributed by atoms with Crippen LogP contribution in [0.15, 0.2) is 42.5 Å². The van der Waals surface area contributed by atoms with E-state index in [1.807, 2.05) is 0 Å². The summed E-state index contributed by atoms with van der Waals surface area (Å²) in [5.41, 5.74) is 0.545. The molecule has 1 heterocycles. The van der Waals surface area contributed by atoms with Gasteiger partial charge in [-0.05, 0) is 68.7 Å². The monoisotopic (exact) mass is 466 g/mol. The number of halogens is 3. The first kappa shape index (κ1) is 24.2. The first-order valence-corrected chi connectivity index (χ1v) is 10.6. The van der Waals surface area contributed by atoms with Crippen molar-refractivity contribution in [3.8, 4) is 17.2 Å². The van der Waals surface area contributed by atoms with Crippen molar-refractivity contribution in [2.45, 2.75) is 32.5 Å². The van der Waals surface area contributed by atoms with Crippen molar-refractivity contribution in [1.82, 2.24) is 4.90 Å². The van der Waals surface area contributed by atoms with E-state index in [0.717, 1.165) is 44.5 Å². The number of carbonyl (C=O) groups is 2. The van der Waals surface area contributed by atoms with E-state index in [2.05, 4.69) is 10.1 Å². The van der Waals surface area contributed by atoms with Gasteiger partial charge in [0.05, 0.1) is 6.61 Å². The van der Waals surface area contributed by atoms with Gasteiger partial charge in [0.15, 0.2) is 18.1 Å². The molecule has 1 saturated heterocycles. The van der Waals surface area contributed by atoms with Crippen LogP contribution in [0.1, 0.15) is 36.5 Å². The lowest BCUT2D eigenvalue weighted by atomic mass is 10.1. The maximum absolute atomic E-state index is 12.6. The Kier molecular flexibility index (Phi) is 8.02. The fraction of sp³-hybridized carbons (Fsp3) is 0.391. The Morgan fingerprint density at radius 1 is 0.970 bits per heavy atom. The van der Waals surface area contributed by atoms with Crippen molar-refractivity contribution >= 4 is 17.5 Å². The molecule has 0 bridgehead atoms. The number of nitrogens with one attached hydrogen (secondary N) is 1. The molecule has 10 heteroatoms. The number of hydrogen-bond donors (Lipinski definition) is 1. The van der Waals surface area contributed by atoms with E-state index >= 15 is 0 Å². The number of amides is 2. The summed E-state index contributed by atoms with van der Waals surface area (Å²) >= 11 is 0. The third-order valence-corrected chi connectivity index (χ3v) is 4.91. The van der Waals surface area contributed by atoms with Gasteiger partial charge in [-0.2, -0.15) is 0 Å². The first-order valence-electron chi connectivity index (χ1n) is 10.6. The topological polar surface area (TPSA) is 77.1 Å². The Hall–Kier alpha value is -3.43. The maximum atomic E-state index is 12.6. The highest BCUT2D eigenvalue weighted by atomic mass is 19.4. The summed E-state index contributed by atoms with van der Waals surface area (Å²) in [5.74, 6) is -0.328. The van der Waals surface area contributed by atoms with E-state index < -0.39 is 12.3 Å². The Balaban J connectivity index is 1.63. The second-order valence-corrected chi connectivity index (χ2v) is 7.35. The van der Waals surface area contributed by atoms with Gasteiger partial charge in [0, 0.05) is 24.3 Å². The van der Waals surface area contributed by atoms with Gasteiger partial charge in [-0.3, -0.25) is 9.59 Å². The minimum atomic E-state index is -4.79. The highest BCUT2D eigenvalue weighted by Crippen LogP contribution is 2.29. The molecular formula is C23H25F3N2O5. The summed E-state index contributed by atoms with van der Waals surface area (Å²) in [6, 6.07) is 9.35. The Morgan fingerprint density at radius 2 is 1.67 bits per heavy atom. The van der Waals surface area contributed by atoms with E-state index in [9.17, 15) is 22.8 Å². The Bertz CT molecular complexity index is 958. The minimum absolute atomic E-state index is 0.100. The van der Waals surface area contributed by atoms with Crippen molar-refractivity contribution < 1.29 is 37.0 Å².